The van der Waals surface area contributed by atoms with Crippen molar-refractivity contribution in [2.45, 2.75) is 14.7 Å². The number of hydrogen-bond acceptors (Lipinski definition) is 5. The summed E-state index contributed by atoms with van der Waals surface area (Å²) in [6.45, 7) is 0. The highest BCUT2D eigenvalue weighted by Gasteiger charge is 2.20. The van der Waals surface area contributed by atoms with Gasteiger partial charge in [-0.1, -0.05) is 11.8 Å². The molecule has 4 rings (SSSR count). The molecule has 0 spiro atoms. The first-order chi connectivity index (χ1) is 15.2. The molecule has 4 aromatic rings. The minimum Gasteiger partial charge on any atom is -0.497 e. The summed E-state index contributed by atoms with van der Waals surface area (Å²) in [6, 6.07) is 15.3. The second-order valence-electron chi connectivity index (χ2n) is 7.07. The molecule has 0 radical (unpaired) electrons. The third-order valence-electron chi connectivity index (χ3n) is 5.03. The van der Waals surface area contributed by atoms with Gasteiger partial charge in [0, 0.05) is 23.9 Å². The molecule has 0 amide bonds. The molecule has 0 unspecified atom stereocenters. The predicted molar refractivity (Wildman–Crippen MR) is 122 cm³/mol. The van der Waals surface area contributed by atoms with E-state index < -0.39 is 15.8 Å². The first kappa shape index (κ1) is 22.0. The number of ether oxygens (including phenoxy) is 1. The second kappa shape index (κ2) is 8.36. The van der Waals surface area contributed by atoms with Crippen molar-refractivity contribution in [3.05, 3.63) is 77.0 Å². The van der Waals surface area contributed by atoms with E-state index in [4.69, 9.17) is 4.74 Å². The van der Waals surface area contributed by atoms with Gasteiger partial charge in [-0.05, 0) is 60.7 Å². The molecule has 32 heavy (non-hydrogen) atoms. The van der Waals surface area contributed by atoms with Crippen molar-refractivity contribution >= 4 is 38.5 Å². The lowest BCUT2D eigenvalue weighted by atomic mass is 10.3. The van der Waals surface area contributed by atoms with Gasteiger partial charge in [-0.25, -0.2) is 17.6 Å². The van der Waals surface area contributed by atoms with Crippen molar-refractivity contribution < 1.29 is 17.5 Å². The molecule has 3 aromatic carbocycles. The zero-order chi connectivity index (χ0) is 23.0. The number of sulfonamides is 1. The molecule has 0 aliphatic heterocycles. The Kier molecular flexibility index (Phi) is 5.74. The molecule has 0 fully saturated rings. The number of aromatic nitrogens is 2. The van der Waals surface area contributed by atoms with Gasteiger partial charge in [-0.3, -0.25) is 13.9 Å². The summed E-state index contributed by atoms with van der Waals surface area (Å²) in [4.78, 5) is 13.8. The molecule has 10 heteroatoms. The molecule has 1 N–H and O–H groups in total. The number of nitrogens with one attached hydrogen (secondary N) is 1. The highest BCUT2D eigenvalue weighted by atomic mass is 32.2. The third kappa shape index (κ3) is 4.11. The Morgan fingerprint density at radius 2 is 1.53 bits per heavy atom. The quantitative estimate of drug-likeness (QED) is 0.458. The normalized spacial score (nSPS) is 11.6. The SMILES string of the molecule is COc1ccc(Sc2cc3c(cc2NS(=O)(=O)c2ccc(F)cc2)n(C)c(=O)n3C)cc1. The van der Waals surface area contributed by atoms with Crippen molar-refractivity contribution in [1.29, 1.82) is 0 Å². The summed E-state index contributed by atoms with van der Waals surface area (Å²) >= 11 is 1.34. The summed E-state index contributed by atoms with van der Waals surface area (Å²) in [7, 11) is 0.879. The van der Waals surface area contributed by atoms with Gasteiger partial charge in [0.05, 0.1) is 28.7 Å². The Balaban J connectivity index is 1.82. The van der Waals surface area contributed by atoms with E-state index in [1.807, 2.05) is 24.3 Å². The molecule has 7 nitrogen and oxygen atoms in total. The minimum absolute atomic E-state index is 0.0682. The van der Waals surface area contributed by atoms with Crippen LogP contribution >= 0.6 is 11.8 Å². The summed E-state index contributed by atoms with van der Waals surface area (Å²) in [6.07, 6.45) is 0. The summed E-state index contributed by atoms with van der Waals surface area (Å²) in [5, 5.41) is 0. The number of imidazole rings is 1. The smallest absolute Gasteiger partial charge is 0.328 e. The Bertz CT molecular complexity index is 1460. The van der Waals surface area contributed by atoms with E-state index in [0.29, 0.717) is 27.4 Å². The van der Waals surface area contributed by atoms with Crippen LogP contribution in [0.15, 0.2) is 80.1 Å². The second-order valence-corrected chi connectivity index (χ2v) is 9.87. The number of methoxy groups -OCH3 is 1. The fourth-order valence-electron chi connectivity index (χ4n) is 3.28. The summed E-state index contributed by atoms with van der Waals surface area (Å²) in [5.41, 5.74) is 1.33. The van der Waals surface area contributed by atoms with Crippen molar-refractivity contribution in [3.8, 4) is 5.75 Å². The monoisotopic (exact) mass is 473 g/mol. The van der Waals surface area contributed by atoms with Crippen LogP contribution in [0, 0.1) is 5.82 Å². The van der Waals surface area contributed by atoms with Gasteiger partial charge in [-0.2, -0.15) is 0 Å². The average Bonchev–Trinajstić information content (AvgIpc) is 2.98. The predicted octanol–water partition coefficient (Wildman–Crippen LogP) is 3.98. The lowest BCUT2D eigenvalue weighted by Crippen LogP contribution is -2.19. The van der Waals surface area contributed by atoms with Crippen LogP contribution in [-0.2, 0) is 24.1 Å². The van der Waals surface area contributed by atoms with Gasteiger partial charge in [-0.15, -0.1) is 0 Å². The lowest BCUT2D eigenvalue weighted by Gasteiger charge is -2.14. The number of anilines is 1. The number of rotatable bonds is 6. The van der Waals surface area contributed by atoms with Crippen molar-refractivity contribution in [2.75, 3.05) is 11.8 Å². The van der Waals surface area contributed by atoms with E-state index in [1.165, 1.54) is 33.0 Å². The molecule has 1 aromatic heterocycles. The highest BCUT2D eigenvalue weighted by molar-refractivity contribution is 7.99. The lowest BCUT2D eigenvalue weighted by molar-refractivity contribution is 0.414. The minimum atomic E-state index is -3.98. The van der Waals surface area contributed by atoms with Crippen molar-refractivity contribution in [3.63, 3.8) is 0 Å². The van der Waals surface area contributed by atoms with Crippen LogP contribution in [-0.4, -0.2) is 24.7 Å². The summed E-state index contributed by atoms with van der Waals surface area (Å²) < 4.78 is 49.9. The van der Waals surface area contributed by atoms with E-state index in [2.05, 4.69) is 4.72 Å². The molecule has 1 heterocycles. The first-order valence-electron chi connectivity index (χ1n) is 9.49. The van der Waals surface area contributed by atoms with E-state index in [-0.39, 0.29) is 10.6 Å². The van der Waals surface area contributed by atoms with Crippen molar-refractivity contribution in [2.24, 2.45) is 14.1 Å². The maximum Gasteiger partial charge on any atom is 0.328 e. The molecular formula is C22H20FN3O4S2. The third-order valence-corrected chi connectivity index (χ3v) is 7.48. The van der Waals surface area contributed by atoms with E-state index in [1.54, 1.807) is 33.3 Å². The van der Waals surface area contributed by atoms with Crippen LogP contribution < -0.4 is 15.1 Å². The number of hydrogen-bond donors (Lipinski definition) is 1. The van der Waals surface area contributed by atoms with Crippen LogP contribution in [0.25, 0.3) is 11.0 Å². The van der Waals surface area contributed by atoms with Crippen LogP contribution in [0.4, 0.5) is 10.1 Å². The molecule has 0 aliphatic carbocycles. The molecule has 166 valence electrons. The Morgan fingerprint density at radius 1 is 0.938 bits per heavy atom. The number of fused-ring (bicyclic) bond motifs is 1. The van der Waals surface area contributed by atoms with Crippen LogP contribution in [0.3, 0.4) is 0 Å². The van der Waals surface area contributed by atoms with E-state index in [0.717, 1.165) is 17.0 Å². The molecule has 0 bridgehead atoms. The standard InChI is InChI=1S/C22H20FN3O4S2/c1-25-19-12-18(24-32(28,29)17-10-4-14(23)5-11-17)21(13-20(19)26(2)22(25)27)31-16-8-6-15(30-3)7-9-16/h4-13,24H,1-3H3. The fraction of sp³-hybridized carbons (Fsp3) is 0.136. The van der Waals surface area contributed by atoms with Gasteiger partial charge in [0.1, 0.15) is 11.6 Å². The molecule has 0 saturated carbocycles. The van der Waals surface area contributed by atoms with E-state index >= 15 is 0 Å². The molecule has 0 atom stereocenters. The maximum absolute atomic E-state index is 13.3. The van der Waals surface area contributed by atoms with Crippen LogP contribution in [0.5, 0.6) is 5.75 Å². The number of benzene rings is 3. The Labute approximate surface area is 188 Å². The van der Waals surface area contributed by atoms with E-state index in [9.17, 15) is 17.6 Å². The fourth-order valence-corrected chi connectivity index (χ4v) is 5.33. The molecular weight excluding hydrogens is 453 g/mol. The Hall–Kier alpha value is -3.24. The van der Waals surface area contributed by atoms with Crippen LogP contribution in [0.1, 0.15) is 0 Å². The average molecular weight is 474 g/mol. The zero-order valence-electron chi connectivity index (χ0n) is 17.5. The topological polar surface area (TPSA) is 82.3 Å². The summed E-state index contributed by atoms with van der Waals surface area (Å²) in [5.74, 6) is 0.174. The number of aryl methyl sites for hydroxylation is 2. The van der Waals surface area contributed by atoms with Gasteiger partial charge >= 0.3 is 5.69 Å². The number of nitrogens with zero attached hydrogens (tertiary/aromatic N) is 2. The number of halogens is 1. The molecule has 0 aliphatic rings. The molecule has 0 saturated heterocycles. The zero-order valence-corrected chi connectivity index (χ0v) is 19.1. The first-order valence-corrected chi connectivity index (χ1v) is 11.8. The Morgan fingerprint density at radius 3 is 2.12 bits per heavy atom. The van der Waals surface area contributed by atoms with Gasteiger partial charge in [0.15, 0.2) is 0 Å². The van der Waals surface area contributed by atoms with Crippen LogP contribution in [0.2, 0.25) is 0 Å². The maximum atomic E-state index is 13.3. The highest BCUT2D eigenvalue weighted by Crippen LogP contribution is 2.37. The van der Waals surface area contributed by atoms with Gasteiger partial charge in [0.25, 0.3) is 10.0 Å². The van der Waals surface area contributed by atoms with Crippen molar-refractivity contribution in [1.82, 2.24) is 9.13 Å². The van der Waals surface area contributed by atoms with Gasteiger partial charge in [0.2, 0.25) is 0 Å². The largest absolute Gasteiger partial charge is 0.497 e. The van der Waals surface area contributed by atoms with Gasteiger partial charge < -0.3 is 4.74 Å².